The first-order chi connectivity index (χ1) is 12.5. The summed E-state index contributed by atoms with van der Waals surface area (Å²) in [5, 5.41) is -0.248. The third kappa shape index (κ3) is 4.16. The summed E-state index contributed by atoms with van der Waals surface area (Å²) in [6, 6.07) is 11.5. The molecule has 7 heteroatoms. The summed E-state index contributed by atoms with van der Waals surface area (Å²) in [5.74, 6) is 0.0789. The number of ether oxygens (including phenoxy) is 1. The van der Waals surface area contributed by atoms with Crippen LogP contribution >= 0.6 is 27.7 Å². The summed E-state index contributed by atoms with van der Waals surface area (Å²) in [4.78, 5) is 25.5. The van der Waals surface area contributed by atoms with Crippen molar-refractivity contribution in [2.45, 2.75) is 13.5 Å². The molecule has 0 saturated carbocycles. The lowest BCUT2D eigenvalue weighted by Gasteiger charge is -2.09. The summed E-state index contributed by atoms with van der Waals surface area (Å²) < 4.78 is 19.4. The molecule has 0 unspecified atom stereocenters. The number of halogens is 2. The highest BCUT2D eigenvalue weighted by atomic mass is 79.9. The number of benzene rings is 2. The summed E-state index contributed by atoms with van der Waals surface area (Å²) in [6.45, 7) is 2.44. The smallest absolute Gasteiger partial charge is 0.293 e. The number of nitrogens with zero attached hydrogens (tertiary/aromatic N) is 1. The van der Waals surface area contributed by atoms with E-state index < -0.39 is 0 Å². The van der Waals surface area contributed by atoms with Crippen LogP contribution < -0.4 is 4.74 Å². The number of carbonyl (C=O) groups excluding carboxylic acids is 2. The third-order valence-corrected chi connectivity index (χ3v) is 5.28. The minimum atomic E-state index is -0.285. The van der Waals surface area contributed by atoms with Crippen LogP contribution in [0.2, 0.25) is 0 Å². The lowest BCUT2D eigenvalue weighted by molar-refractivity contribution is -0.122. The van der Waals surface area contributed by atoms with Gasteiger partial charge in [-0.2, -0.15) is 0 Å². The zero-order valence-electron chi connectivity index (χ0n) is 13.9. The van der Waals surface area contributed by atoms with Crippen LogP contribution in [0.15, 0.2) is 51.8 Å². The van der Waals surface area contributed by atoms with Crippen molar-refractivity contribution in [3.63, 3.8) is 0 Å². The van der Waals surface area contributed by atoms with E-state index in [9.17, 15) is 14.0 Å². The monoisotopic (exact) mass is 435 g/mol. The van der Waals surface area contributed by atoms with E-state index in [0.717, 1.165) is 27.4 Å². The number of hydrogen-bond donors (Lipinski definition) is 0. The first kappa shape index (κ1) is 18.7. The van der Waals surface area contributed by atoms with Crippen LogP contribution in [0.4, 0.5) is 9.18 Å². The molecular weight excluding hydrogens is 421 g/mol. The Balaban J connectivity index is 1.71. The molecule has 134 valence electrons. The van der Waals surface area contributed by atoms with E-state index in [0.29, 0.717) is 23.8 Å². The summed E-state index contributed by atoms with van der Waals surface area (Å²) in [6.07, 6.45) is 1.69. The highest BCUT2D eigenvalue weighted by Gasteiger charge is 2.33. The lowest BCUT2D eigenvalue weighted by Crippen LogP contribution is -2.27. The van der Waals surface area contributed by atoms with Gasteiger partial charge >= 0.3 is 0 Å². The molecule has 1 aliphatic heterocycles. The quantitative estimate of drug-likeness (QED) is 0.603. The molecule has 0 spiro atoms. The normalized spacial score (nSPS) is 15.8. The Hall–Kier alpha value is -2.12. The molecule has 0 atom stereocenters. The second kappa shape index (κ2) is 8.05. The van der Waals surface area contributed by atoms with Gasteiger partial charge in [0, 0.05) is 6.54 Å². The molecular formula is C19H15BrFNO3S. The van der Waals surface area contributed by atoms with Crippen molar-refractivity contribution in [1.82, 2.24) is 4.90 Å². The van der Waals surface area contributed by atoms with Crippen molar-refractivity contribution in [2.24, 2.45) is 0 Å². The number of imide groups is 1. The Morgan fingerprint density at radius 2 is 1.92 bits per heavy atom. The predicted molar refractivity (Wildman–Crippen MR) is 103 cm³/mol. The molecule has 26 heavy (non-hydrogen) atoms. The number of amides is 2. The standard InChI is InChI=1S/C19H15BrFNO3S/c1-2-22-18(23)17(26-19(22)24)10-13-5-8-16(15(20)9-13)25-11-12-3-6-14(21)7-4-12/h3-10H,2,11H2,1H3/b17-10-. The largest absolute Gasteiger partial charge is 0.488 e. The Morgan fingerprint density at radius 3 is 2.54 bits per heavy atom. The summed E-state index contributed by atoms with van der Waals surface area (Å²) in [5.41, 5.74) is 1.64. The first-order valence-corrected chi connectivity index (χ1v) is 9.51. The van der Waals surface area contributed by atoms with Gasteiger partial charge in [-0.05, 0) is 76.1 Å². The zero-order valence-corrected chi connectivity index (χ0v) is 16.3. The molecule has 1 aliphatic rings. The van der Waals surface area contributed by atoms with Gasteiger partial charge in [0.2, 0.25) is 0 Å². The van der Waals surface area contributed by atoms with Crippen LogP contribution in [0, 0.1) is 5.82 Å². The maximum atomic E-state index is 12.9. The van der Waals surface area contributed by atoms with Crippen molar-refractivity contribution in [2.75, 3.05) is 6.54 Å². The van der Waals surface area contributed by atoms with E-state index in [4.69, 9.17) is 4.74 Å². The molecule has 1 saturated heterocycles. The van der Waals surface area contributed by atoms with Crippen molar-refractivity contribution >= 4 is 44.9 Å². The van der Waals surface area contributed by atoms with E-state index >= 15 is 0 Å². The van der Waals surface area contributed by atoms with Crippen LogP contribution in [-0.4, -0.2) is 22.6 Å². The fraction of sp³-hybridized carbons (Fsp3) is 0.158. The number of hydrogen-bond acceptors (Lipinski definition) is 4. The Kier molecular flexibility index (Phi) is 5.78. The average molecular weight is 436 g/mol. The van der Waals surface area contributed by atoms with E-state index in [1.54, 1.807) is 31.2 Å². The first-order valence-electron chi connectivity index (χ1n) is 7.90. The predicted octanol–water partition coefficient (Wildman–Crippen LogP) is 5.22. The van der Waals surface area contributed by atoms with Gasteiger partial charge < -0.3 is 4.74 Å². The van der Waals surface area contributed by atoms with Gasteiger partial charge in [0.15, 0.2) is 0 Å². The Labute approximate surface area is 163 Å². The molecule has 2 aromatic carbocycles. The van der Waals surface area contributed by atoms with Gasteiger partial charge in [-0.25, -0.2) is 4.39 Å². The second-order valence-electron chi connectivity index (χ2n) is 5.53. The number of thioether (sulfide) groups is 1. The SMILES string of the molecule is CCN1C(=O)S/C(=C\c2ccc(OCc3ccc(F)cc3)c(Br)c2)C1=O. The van der Waals surface area contributed by atoms with E-state index in [1.807, 2.05) is 12.1 Å². The molecule has 2 amide bonds. The molecule has 0 bridgehead atoms. The van der Waals surface area contributed by atoms with E-state index in [-0.39, 0.29) is 17.0 Å². The highest BCUT2D eigenvalue weighted by Crippen LogP contribution is 2.33. The van der Waals surface area contributed by atoms with Crippen LogP contribution in [0.1, 0.15) is 18.1 Å². The fourth-order valence-corrected chi connectivity index (χ4v) is 3.80. The van der Waals surface area contributed by atoms with E-state index in [2.05, 4.69) is 15.9 Å². The topological polar surface area (TPSA) is 46.6 Å². The zero-order chi connectivity index (χ0) is 18.7. The maximum Gasteiger partial charge on any atom is 0.293 e. The molecule has 1 fully saturated rings. The van der Waals surface area contributed by atoms with Crippen LogP contribution in [0.5, 0.6) is 5.75 Å². The molecule has 0 N–H and O–H groups in total. The second-order valence-corrected chi connectivity index (χ2v) is 7.38. The van der Waals surface area contributed by atoms with Gasteiger partial charge in [-0.15, -0.1) is 0 Å². The lowest BCUT2D eigenvalue weighted by atomic mass is 10.2. The van der Waals surface area contributed by atoms with Crippen LogP contribution in [0.3, 0.4) is 0 Å². The minimum Gasteiger partial charge on any atom is -0.488 e. The fourth-order valence-electron chi connectivity index (χ4n) is 2.39. The molecule has 2 aromatic rings. The van der Waals surface area contributed by atoms with Crippen molar-refractivity contribution in [3.8, 4) is 5.75 Å². The van der Waals surface area contributed by atoms with Crippen molar-refractivity contribution < 1.29 is 18.7 Å². The van der Waals surface area contributed by atoms with Gasteiger partial charge in [-0.3, -0.25) is 14.5 Å². The molecule has 1 heterocycles. The van der Waals surface area contributed by atoms with Crippen LogP contribution in [-0.2, 0) is 11.4 Å². The molecule has 4 nitrogen and oxygen atoms in total. The van der Waals surface area contributed by atoms with Crippen LogP contribution in [0.25, 0.3) is 6.08 Å². The Morgan fingerprint density at radius 1 is 1.19 bits per heavy atom. The molecule has 3 rings (SSSR count). The molecule has 0 aliphatic carbocycles. The number of rotatable bonds is 5. The molecule has 0 aromatic heterocycles. The van der Waals surface area contributed by atoms with Gasteiger partial charge in [0.25, 0.3) is 11.1 Å². The van der Waals surface area contributed by atoms with Crippen molar-refractivity contribution in [3.05, 3.63) is 68.8 Å². The minimum absolute atomic E-state index is 0.248. The summed E-state index contributed by atoms with van der Waals surface area (Å²) in [7, 11) is 0. The van der Waals surface area contributed by atoms with Gasteiger partial charge in [0.05, 0.1) is 9.38 Å². The average Bonchev–Trinajstić information content (AvgIpc) is 2.88. The maximum absolute atomic E-state index is 12.9. The van der Waals surface area contributed by atoms with Crippen molar-refractivity contribution in [1.29, 1.82) is 0 Å². The van der Waals surface area contributed by atoms with Gasteiger partial charge in [0.1, 0.15) is 18.2 Å². The van der Waals surface area contributed by atoms with E-state index in [1.165, 1.54) is 17.0 Å². The third-order valence-electron chi connectivity index (χ3n) is 3.75. The molecule has 0 radical (unpaired) electrons. The number of carbonyl (C=O) groups is 2. The summed E-state index contributed by atoms with van der Waals surface area (Å²) >= 11 is 4.39. The number of likely N-dealkylation sites (N-methyl/N-ethyl adjacent to an activating group) is 1. The highest BCUT2D eigenvalue weighted by molar-refractivity contribution is 9.10. The van der Waals surface area contributed by atoms with Gasteiger partial charge in [-0.1, -0.05) is 18.2 Å². The Bertz CT molecular complexity index is 883.